The SMILES string of the molecule is CC(C)(C)NCCNC(=O)C(=O)Nc1cc(F)c(F)c(F)c1. The number of carbonyl (C=O) groups is 2. The molecule has 0 saturated heterocycles. The van der Waals surface area contributed by atoms with E-state index in [1.54, 1.807) is 0 Å². The van der Waals surface area contributed by atoms with E-state index in [1.807, 2.05) is 26.1 Å². The van der Waals surface area contributed by atoms with E-state index in [1.165, 1.54) is 0 Å². The van der Waals surface area contributed by atoms with Crippen molar-refractivity contribution in [1.29, 1.82) is 0 Å². The van der Waals surface area contributed by atoms with Crippen LogP contribution in [0.4, 0.5) is 18.9 Å². The van der Waals surface area contributed by atoms with E-state index in [9.17, 15) is 22.8 Å². The Kier molecular flexibility index (Phi) is 5.92. The normalized spacial score (nSPS) is 11.2. The van der Waals surface area contributed by atoms with Gasteiger partial charge in [-0.3, -0.25) is 9.59 Å². The largest absolute Gasteiger partial charge is 0.347 e. The average Bonchev–Trinajstić information content (AvgIpc) is 2.39. The minimum atomic E-state index is -1.64. The van der Waals surface area contributed by atoms with E-state index < -0.39 is 29.3 Å². The number of benzene rings is 1. The molecule has 0 aromatic heterocycles. The van der Waals surface area contributed by atoms with Gasteiger partial charge in [0.05, 0.1) is 0 Å². The number of amides is 2. The van der Waals surface area contributed by atoms with Gasteiger partial charge in [0.2, 0.25) is 0 Å². The summed E-state index contributed by atoms with van der Waals surface area (Å²) in [5.74, 6) is -6.60. The fourth-order valence-corrected chi connectivity index (χ4v) is 1.51. The van der Waals surface area contributed by atoms with Crippen molar-refractivity contribution in [3.8, 4) is 0 Å². The van der Waals surface area contributed by atoms with Crippen LogP contribution < -0.4 is 16.0 Å². The Balaban J connectivity index is 2.50. The third-order valence-corrected chi connectivity index (χ3v) is 2.51. The highest BCUT2D eigenvalue weighted by Crippen LogP contribution is 2.17. The van der Waals surface area contributed by atoms with Crippen LogP contribution in [0.1, 0.15) is 20.8 Å². The molecule has 5 nitrogen and oxygen atoms in total. The van der Waals surface area contributed by atoms with E-state index in [0.717, 1.165) is 0 Å². The number of rotatable bonds is 4. The third-order valence-electron chi connectivity index (χ3n) is 2.51. The fourth-order valence-electron chi connectivity index (χ4n) is 1.51. The highest BCUT2D eigenvalue weighted by Gasteiger charge is 2.16. The smallest absolute Gasteiger partial charge is 0.313 e. The Labute approximate surface area is 126 Å². The van der Waals surface area contributed by atoms with E-state index in [-0.39, 0.29) is 17.8 Å². The number of nitrogens with one attached hydrogen (secondary N) is 3. The fraction of sp³-hybridized carbons (Fsp3) is 0.429. The van der Waals surface area contributed by atoms with Crippen LogP contribution in [0.25, 0.3) is 0 Å². The minimum Gasteiger partial charge on any atom is -0.347 e. The maximum atomic E-state index is 13.0. The second kappa shape index (κ2) is 7.26. The Morgan fingerprint density at radius 2 is 1.55 bits per heavy atom. The van der Waals surface area contributed by atoms with Crippen molar-refractivity contribution in [3.05, 3.63) is 29.6 Å². The van der Waals surface area contributed by atoms with Gasteiger partial charge in [0.15, 0.2) is 17.5 Å². The van der Waals surface area contributed by atoms with Gasteiger partial charge in [0.1, 0.15) is 0 Å². The minimum absolute atomic E-state index is 0.129. The van der Waals surface area contributed by atoms with Gasteiger partial charge in [-0.15, -0.1) is 0 Å². The predicted octanol–water partition coefficient (Wildman–Crippen LogP) is 1.55. The van der Waals surface area contributed by atoms with Gasteiger partial charge in [-0.2, -0.15) is 0 Å². The van der Waals surface area contributed by atoms with Crippen molar-refractivity contribution in [1.82, 2.24) is 10.6 Å². The van der Waals surface area contributed by atoms with Gasteiger partial charge in [-0.05, 0) is 20.8 Å². The second-order valence-electron chi connectivity index (χ2n) is 5.64. The molecule has 2 amide bonds. The van der Waals surface area contributed by atoms with Gasteiger partial charge in [0.25, 0.3) is 0 Å². The van der Waals surface area contributed by atoms with Crippen molar-refractivity contribution in [2.24, 2.45) is 0 Å². The summed E-state index contributed by atoms with van der Waals surface area (Å²) in [4.78, 5) is 23.0. The quantitative estimate of drug-likeness (QED) is 0.448. The molecule has 122 valence electrons. The van der Waals surface area contributed by atoms with Crippen LogP contribution in [0.5, 0.6) is 0 Å². The maximum Gasteiger partial charge on any atom is 0.313 e. The summed E-state index contributed by atoms with van der Waals surface area (Å²) < 4.78 is 38.7. The lowest BCUT2D eigenvalue weighted by atomic mass is 10.1. The summed E-state index contributed by atoms with van der Waals surface area (Å²) in [6, 6.07) is 1.18. The van der Waals surface area contributed by atoms with E-state index in [0.29, 0.717) is 18.7 Å². The zero-order chi connectivity index (χ0) is 16.9. The molecule has 0 atom stereocenters. The van der Waals surface area contributed by atoms with Crippen LogP contribution in [0, 0.1) is 17.5 Å². The van der Waals surface area contributed by atoms with E-state index in [2.05, 4.69) is 10.6 Å². The molecule has 1 aromatic carbocycles. The summed E-state index contributed by atoms with van der Waals surface area (Å²) in [5, 5.41) is 7.43. The highest BCUT2D eigenvalue weighted by molar-refractivity contribution is 6.39. The molecule has 8 heteroatoms. The second-order valence-corrected chi connectivity index (χ2v) is 5.64. The van der Waals surface area contributed by atoms with Gasteiger partial charge < -0.3 is 16.0 Å². The average molecular weight is 317 g/mol. The van der Waals surface area contributed by atoms with E-state index >= 15 is 0 Å². The first-order valence-corrected chi connectivity index (χ1v) is 6.59. The van der Waals surface area contributed by atoms with Crippen molar-refractivity contribution >= 4 is 17.5 Å². The molecule has 22 heavy (non-hydrogen) atoms. The molecule has 1 aromatic rings. The first kappa shape index (κ1) is 18.0. The van der Waals surface area contributed by atoms with E-state index in [4.69, 9.17) is 0 Å². The molecule has 0 saturated carbocycles. The summed E-state index contributed by atoms with van der Waals surface area (Å²) in [6.07, 6.45) is 0. The predicted molar refractivity (Wildman–Crippen MR) is 75.7 cm³/mol. The summed E-state index contributed by atoms with van der Waals surface area (Å²) in [6.45, 7) is 6.48. The van der Waals surface area contributed by atoms with Crippen LogP contribution in [0.3, 0.4) is 0 Å². The Bertz CT molecular complexity index is 548. The number of anilines is 1. The third kappa shape index (κ3) is 5.72. The Morgan fingerprint density at radius 1 is 1.00 bits per heavy atom. The zero-order valence-electron chi connectivity index (χ0n) is 12.5. The van der Waals surface area contributed by atoms with Crippen molar-refractivity contribution in [2.75, 3.05) is 18.4 Å². The number of hydrogen-bond acceptors (Lipinski definition) is 3. The standard InChI is InChI=1S/C14H18F3N3O2/c1-14(2,3)19-5-4-18-12(21)13(22)20-8-6-9(15)11(17)10(16)7-8/h6-7,19H,4-5H2,1-3H3,(H,18,21)(H,20,22). The van der Waals surface area contributed by atoms with Gasteiger partial charge in [-0.25, -0.2) is 13.2 Å². The topological polar surface area (TPSA) is 70.2 Å². The molecule has 0 radical (unpaired) electrons. The highest BCUT2D eigenvalue weighted by atomic mass is 19.2. The maximum absolute atomic E-state index is 13.0. The zero-order valence-corrected chi connectivity index (χ0v) is 12.5. The molecule has 1 rings (SSSR count). The summed E-state index contributed by atoms with van der Waals surface area (Å²) in [5.41, 5.74) is -0.472. The number of carbonyl (C=O) groups excluding carboxylic acids is 2. The van der Waals surface area contributed by atoms with Crippen molar-refractivity contribution in [3.63, 3.8) is 0 Å². The lowest BCUT2D eigenvalue weighted by molar-refractivity contribution is -0.136. The molecule has 0 aliphatic heterocycles. The molecule has 0 spiro atoms. The molecule has 0 fully saturated rings. The Hall–Kier alpha value is -2.09. The Morgan fingerprint density at radius 3 is 2.05 bits per heavy atom. The molecule has 3 N–H and O–H groups in total. The molecule has 0 aliphatic carbocycles. The van der Waals surface area contributed by atoms with Crippen LogP contribution in [0.15, 0.2) is 12.1 Å². The van der Waals surface area contributed by atoms with Gasteiger partial charge in [-0.1, -0.05) is 0 Å². The molecule has 0 heterocycles. The van der Waals surface area contributed by atoms with Crippen LogP contribution >= 0.6 is 0 Å². The van der Waals surface area contributed by atoms with Gasteiger partial charge in [0, 0.05) is 36.4 Å². The first-order valence-electron chi connectivity index (χ1n) is 6.59. The number of hydrogen-bond donors (Lipinski definition) is 3. The molecule has 0 bridgehead atoms. The van der Waals surface area contributed by atoms with Gasteiger partial charge >= 0.3 is 11.8 Å². The van der Waals surface area contributed by atoms with Crippen LogP contribution in [0.2, 0.25) is 0 Å². The first-order chi connectivity index (χ1) is 10.1. The summed E-state index contributed by atoms with van der Waals surface area (Å²) in [7, 11) is 0. The monoisotopic (exact) mass is 317 g/mol. The molecule has 0 unspecified atom stereocenters. The van der Waals surface area contributed by atoms with Crippen LogP contribution in [-0.2, 0) is 9.59 Å². The molecular formula is C14H18F3N3O2. The van der Waals surface area contributed by atoms with Crippen molar-refractivity contribution in [2.45, 2.75) is 26.3 Å². The van der Waals surface area contributed by atoms with Crippen LogP contribution in [-0.4, -0.2) is 30.4 Å². The summed E-state index contributed by atoms with van der Waals surface area (Å²) >= 11 is 0. The van der Waals surface area contributed by atoms with Crippen molar-refractivity contribution < 1.29 is 22.8 Å². The lowest BCUT2D eigenvalue weighted by Crippen LogP contribution is -2.43. The molecule has 0 aliphatic rings. The number of halogens is 3. The lowest BCUT2D eigenvalue weighted by Gasteiger charge is -2.20. The molecular weight excluding hydrogens is 299 g/mol.